The molecule has 0 aromatic rings. The number of carboxylic acid groups (broad SMARTS) is 1. The van der Waals surface area contributed by atoms with Crippen molar-refractivity contribution in [3.8, 4) is 0 Å². The van der Waals surface area contributed by atoms with Gasteiger partial charge in [-0.2, -0.15) is 0 Å². The normalized spacial score (nSPS) is 10.2. The summed E-state index contributed by atoms with van der Waals surface area (Å²) in [4.78, 5) is 10.3. The van der Waals surface area contributed by atoms with Crippen molar-refractivity contribution in [1.29, 1.82) is 0 Å². The first-order valence-electron chi connectivity index (χ1n) is 11.0. The molecule has 0 aliphatic carbocycles. The van der Waals surface area contributed by atoms with Crippen LogP contribution in [0.2, 0.25) is 0 Å². The van der Waals surface area contributed by atoms with E-state index in [2.05, 4.69) is 6.92 Å². The van der Waals surface area contributed by atoms with E-state index in [1.165, 1.54) is 109 Å². The SMILES string of the molecule is CCCCCCCCCCCCCCCCCCCCCC(=O)[O-].[Ag+].[Ag+]. The Morgan fingerprint density at radius 2 is 0.731 bits per heavy atom. The zero-order valence-corrected chi connectivity index (χ0v) is 20.0. The Morgan fingerprint density at radius 1 is 0.500 bits per heavy atom. The molecule has 0 bridgehead atoms. The molecule has 4 heteroatoms. The second-order valence-corrected chi connectivity index (χ2v) is 7.49. The Bertz CT molecular complexity index is 261. The van der Waals surface area contributed by atoms with Crippen LogP contribution in [-0.4, -0.2) is 5.97 Å². The van der Waals surface area contributed by atoms with Gasteiger partial charge in [0.25, 0.3) is 0 Å². The summed E-state index contributed by atoms with van der Waals surface area (Å²) in [5, 5.41) is 10.3. The van der Waals surface area contributed by atoms with E-state index in [-0.39, 0.29) is 51.2 Å². The molecule has 26 heavy (non-hydrogen) atoms. The van der Waals surface area contributed by atoms with Gasteiger partial charge in [0.1, 0.15) is 0 Å². The summed E-state index contributed by atoms with van der Waals surface area (Å²) in [6.45, 7) is 2.28. The van der Waals surface area contributed by atoms with Crippen LogP contribution in [0.25, 0.3) is 0 Å². The average Bonchev–Trinajstić information content (AvgIpc) is 2.56. The molecule has 0 spiro atoms. The van der Waals surface area contributed by atoms with E-state index in [4.69, 9.17) is 0 Å². The maximum atomic E-state index is 10.3. The Kier molecular flexibility index (Phi) is 34.3. The molecule has 0 unspecified atom stereocenters. The predicted molar refractivity (Wildman–Crippen MR) is 103 cm³/mol. The molecule has 0 fully saturated rings. The molecule has 0 rings (SSSR count). The largest absolute Gasteiger partial charge is 1.00 e. The van der Waals surface area contributed by atoms with E-state index >= 15 is 0 Å². The van der Waals surface area contributed by atoms with Gasteiger partial charge in [0.2, 0.25) is 0 Å². The van der Waals surface area contributed by atoms with Crippen molar-refractivity contribution in [2.45, 2.75) is 135 Å². The molecular weight excluding hydrogens is 512 g/mol. The third-order valence-electron chi connectivity index (χ3n) is 4.98. The third kappa shape index (κ3) is 29.7. The standard InChI is InChI=1S/C22H44O2.2Ag/c1-2-3-4-5-6-7-8-9-10-11-12-13-14-15-16-17-18-19-20-21-22(23)24;;/h2-21H2,1H3,(H,23,24);;/q;2*+1/p-1. The third-order valence-corrected chi connectivity index (χ3v) is 4.98. The van der Waals surface area contributed by atoms with Crippen LogP contribution >= 0.6 is 0 Å². The summed E-state index contributed by atoms with van der Waals surface area (Å²) in [6, 6.07) is 0. The molecule has 0 atom stereocenters. The van der Waals surface area contributed by atoms with Gasteiger partial charge in [-0.25, -0.2) is 0 Å². The van der Waals surface area contributed by atoms with Crippen molar-refractivity contribution in [2.75, 3.05) is 0 Å². The van der Waals surface area contributed by atoms with Crippen LogP contribution in [0.4, 0.5) is 0 Å². The minimum absolute atomic E-state index is 0. The van der Waals surface area contributed by atoms with Gasteiger partial charge in [-0.3, -0.25) is 0 Å². The van der Waals surface area contributed by atoms with E-state index in [0.29, 0.717) is 0 Å². The van der Waals surface area contributed by atoms with E-state index in [1.54, 1.807) is 0 Å². The van der Waals surface area contributed by atoms with Crippen LogP contribution < -0.4 is 5.11 Å². The Labute approximate surface area is 195 Å². The quantitative estimate of drug-likeness (QED) is 0.126. The van der Waals surface area contributed by atoms with Crippen LogP contribution in [0.15, 0.2) is 0 Å². The number of hydrogen-bond donors (Lipinski definition) is 0. The number of unbranched alkanes of at least 4 members (excludes halogenated alkanes) is 18. The van der Waals surface area contributed by atoms with E-state index in [1.807, 2.05) is 0 Å². The topological polar surface area (TPSA) is 40.1 Å². The average molecular weight is 555 g/mol. The number of hydrogen-bond acceptors (Lipinski definition) is 2. The number of rotatable bonds is 20. The molecule has 0 aromatic carbocycles. The number of carboxylic acids is 1. The summed E-state index contributed by atoms with van der Waals surface area (Å²) in [7, 11) is 0. The summed E-state index contributed by atoms with van der Waals surface area (Å²) in [5.74, 6) is -0.901. The second kappa shape index (κ2) is 28.2. The predicted octanol–water partition coefficient (Wildman–Crippen LogP) is 6.55. The molecule has 0 aliphatic heterocycles. The summed E-state index contributed by atoms with van der Waals surface area (Å²) < 4.78 is 0. The van der Waals surface area contributed by atoms with E-state index in [0.717, 1.165) is 12.8 Å². The zero-order valence-electron chi connectivity index (χ0n) is 17.1. The van der Waals surface area contributed by atoms with Gasteiger partial charge in [-0.15, -0.1) is 0 Å². The zero-order chi connectivity index (χ0) is 17.7. The number of carbonyl (C=O) groups is 1. The minimum Gasteiger partial charge on any atom is -0.550 e. The van der Waals surface area contributed by atoms with E-state index < -0.39 is 5.97 Å². The van der Waals surface area contributed by atoms with Crippen molar-refractivity contribution < 1.29 is 54.7 Å². The molecule has 0 aromatic heterocycles. The number of aliphatic carboxylic acids is 1. The van der Waals surface area contributed by atoms with Gasteiger partial charge in [-0.05, 0) is 12.8 Å². The van der Waals surface area contributed by atoms with Crippen molar-refractivity contribution in [1.82, 2.24) is 0 Å². The maximum Gasteiger partial charge on any atom is 1.00 e. The molecule has 164 valence electrons. The molecule has 0 heterocycles. The fraction of sp³-hybridized carbons (Fsp3) is 0.955. The van der Waals surface area contributed by atoms with Crippen LogP contribution in [-0.2, 0) is 49.6 Å². The molecule has 0 saturated heterocycles. The fourth-order valence-corrected chi connectivity index (χ4v) is 3.35. The molecule has 0 amide bonds. The first-order chi connectivity index (χ1) is 11.8. The number of carbonyl (C=O) groups excluding carboxylic acids is 1. The minimum atomic E-state index is -0.901. The van der Waals surface area contributed by atoms with Crippen molar-refractivity contribution >= 4 is 5.97 Å². The Hall–Kier alpha value is 0.951. The smallest absolute Gasteiger partial charge is 0.550 e. The van der Waals surface area contributed by atoms with Gasteiger partial charge in [-0.1, -0.05) is 122 Å². The fourth-order valence-electron chi connectivity index (χ4n) is 3.35. The maximum absolute atomic E-state index is 10.3. The van der Waals surface area contributed by atoms with Crippen LogP contribution in [0, 0.1) is 0 Å². The summed E-state index contributed by atoms with van der Waals surface area (Å²) in [6.07, 6.45) is 25.7. The molecule has 0 saturated carbocycles. The summed E-state index contributed by atoms with van der Waals surface area (Å²) in [5.41, 5.74) is 0. The van der Waals surface area contributed by atoms with Gasteiger partial charge < -0.3 is 9.90 Å². The Balaban J connectivity index is -0.00000264. The van der Waals surface area contributed by atoms with Crippen LogP contribution in [0.3, 0.4) is 0 Å². The van der Waals surface area contributed by atoms with Gasteiger partial charge in [0.05, 0.1) is 0 Å². The molecule has 0 aliphatic rings. The molecule has 0 radical (unpaired) electrons. The molecule has 0 N–H and O–H groups in total. The van der Waals surface area contributed by atoms with E-state index in [9.17, 15) is 9.90 Å². The Morgan fingerprint density at radius 3 is 0.962 bits per heavy atom. The monoisotopic (exact) mass is 553 g/mol. The first-order valence-corrected chi connectivity index (χ1v) is 11.0. The first kappa shape index (κ1) is 31.6. The van der Waals surface area contributed by atoms with Crippen LogP contribution in [0.1, 0.15) is 135 Å². The van der Waals surface area contributed by atoms with Crippen LogP contribution in [0.5, 0.6) is 0 Å². The summed E-state index contributed by atoms with van der Waals surface area (Å²) >= 11 is 0. The second-order valence-electron chi connectivity index (χ2n) is 7.49. The van der Waals surface area contributed by atoms with Gasteiger partial charge >= 0.3 is 44.8 Å². The van der Waals surface area contributed by atoms with Crippen molar-refractivity contribution in [2.24, 2.45) is 0 Å². The molecular formula is C22H43Ag2O2+. The van der Waals surface area contributed by atoms with Gasteiger partial charge in [0.15, 0.2) is 0 Å². The van der Waals surface area contributed by atoms with Crippen molar-refractivity contribution in [3.05, 3.63) is 0 Å². The van der Waals surface area contributed by atoms with Gasteiger partial charge in [0, 0.05) is 5.97 Å². The van der Waals surface area contributed by atoms with Crippen molar-refractivity contribution in [3.63, 3.8) is 0 Å². The molecule has 2 nitrogen and oxygen atoms in total.